The van der Waals surface area contributed by atoms with Crippen molar-refractivity contribution in [1.82, 2.24) is 4.98 Å². The molecule has 0 saturated carbocycles. The third-order valence-electron chi connectivity index (χ3n) is 2.05. The van der Waals surface area contributed by atoms with Gasteiger partial charge in [0.1, 0.15) is 17.2 Å². The van der Waals surface area contributed by atoms with Crippen molar-refractivity contribution in [3.63, 3.8) is 0 Å². The van der Waals surface area contributed by atoms with Crippen molar-refractivity contribution in [3.05, 3.63) is 48.5 Å². The molecule has 1 heterocycles. The van der Waals surface area contributed by atoms with E-state index in [-0.39, 0.29) is 0 Å². The number of benzene rings is 1. The molecule has 0 fully saturated rings. The highest BCUT2D eigenvalue weighted by atomic mass is 19.1. The Hall–Kier alpha value is -2.10. The second-order valence-electron chi connectivity index (χ2n) is 3.32. The summed E-state index contributed by atoms with van der Waals surface area (Å²) in [5.41, 5.74) is 0. The first kappa shape index (κ1) is 11.4. The highest BCUT2D eigenvalue weighted by Gasteiger charge is 2.01. The van der Waals surface area contributed by atoms with Gasteiger partial charge in [-0.25, -0.2) is 4.98 Å². The van der Waals surface area contributed by atoms with Crippen molar-refractivity contribution < 1.29 is 13.9 Å². The van der Waals surface area contributed by atoms with E-state index in [0.717, 1.165) is 5.75 Å². The van der Waals surface area contributed by atoms with Crippen LogP contribution < -0.4 is 9.47 Å². The summed E-state index contributed by atoms with van der Waals surface area (Å²) >= 11 is 0. The number of ether oxygens (including phenoxy) is 2. The fourth-order valence-corrected chi connectivity index (χ4v) is 1.38. The standard InChI is InChI=1S/C13H12FNO2/c1-2-16-10-4-3-5-11(8-10)17-12-6-7-15-13(14)9-12/h3-9H,2H2,1H3. The second kappa shape index (κ2) is 5.30. The largest absolute Gasteiger partial charge is 0.494 e. The van der Waals surface area contributed by atoms with Gasteiger partial charge in [-0.1, -0.05) is 6.07 Å². The molecule has 1 aromatic carbocycles. The first-order valence-electron chi connectivity index (χ1n) is 5.30. The van der Waals surface area contributed by atoms with Gasteiger partial charge < -0.3 is 9.47 Å². The Morgan fingerprint density at radius 1 is 1.12 bits per heavy atom. The third kappa shape index (κ3) is 3.17. The van der Waals surface area contributed by atoms with Crippen LogP contribution in [0.1, 0.15) is 6.92 Å². The van der Waals surface area contributed by atoms with Crippen LogP contribution in [0.5, 0.6) is 17.2 Å². The number of pyridine rings is 1. The van der Waals surface area contributed by atoms with Gasteiger partial charge in [0, 0.05) is 18.3 Å². The molecule has 0 amide bonds. The van der Waals surface area contributed by atoms with Crippen LogP contribution in [0.4, 0.5) is 4.39 Å². The first-order chi connectivity index (χ1) is 8.28. The zero-order chi connectivity index (χ0) is 12.1. The maximum absolute atomic E-state index is 12.9. The Bertz CT molecular complexity index is 502. The molecule has 1 aromatic heterocycles. The van der Waals surface area contributed by atoms with Crippen molar-refractivity contribution in [2.24, 2.45) is 0 Å². The van der Waals surface area contributed by atoms with Gasteiger partial charge in [-0.05, 0) is 25.1 Å². The molecule has 3 nitrogen and oxygen atoms in total. The summed E-state index contributed by atoms with van der Waals surface area (Å²) in [6.45, 7) is 2.50. The molecule has 0 N–H and O–H groups in total. The minimum absolute atomic E-state index is 0.408. The highest BCUT2D eigenvalue weighted by Crippen LogP contribution is 2.25. The van der Waals surface area contributed by atoms with Crippen LogP contribution in [0.15, 0.2) is 42.6 Å². The van der Waals surface area contributed by atoms with Crippen LogP contribution in [0.25, 0.3) is 0 Å². The summed E-state index contributed by atoms with van der Waals surface area (Å²) in [5.74, 6) is 1.16. The third-order valence-corrected chi connectivity index (χ3v) is 2.05. The number of hydrogen-bond donors (Lipinski definition) is 0. The molecular weight excluding hydrogens is 221 g/mol. The fraction of sp³-hybridized carbons (Fsp3) is 0.154. The lowest BCUT2D eigenvalue weighted by atomic mass is 10.3. The van der Waals surface area contributed by atoms with Gasteiger partial charge in [0.05, 0.1) is 6.61 Å². The lowest BCUT2D eigenvalue weighted by Gasteiger charge is -2.07. The van der Waals surface area contributed by atoms with E-state index in [1.807, 2.05) is 19.1 Å². The Balaban J connectivity index is 2.15. The van der Waals surface area contributed by atoms with Crippen molar-refractivity contribution in [2.75, 3.05) is 6.61 Å². The summed E-state index contributed by atoms with van der Waals surface area (Å²) in [6.07, 6.45) is 1.36. The maximum atomic E-state index is 12.9. The van der Waals surface area contributed by atoms with Crippen LogP contribution in [0, 0.1) is 5.95 Å². The highest BCUT2D eigenvalue weighted by molar-refractivity contribution is 5.36. The number of hydrogen-bond acceptors (Lipinski definition) is 3. The number of aromatic nitrogens is 1. The average Bonchev–Trinajstić information content (AvgIpc) is 2.30. The molecular formula is C13H12FNO2. The summed E-state index contributed by atoms with van der Waals surface area (Å²) < 4.78 is 23.7. The lowest BCUT2D eigenvalue weighted by Crippen LogP contribution is -1.92. The molecule has 88 valence electrons. The van der Waals surface area contributed by atoms with Gasteiger partial charge >= 0.3 is 0 Å². The zero-order valence-corrected chi connectivity index (χ0v) is 9.39. The zero-order valence-electron chi connectivity index (χ0n) is 9.39. The SMILES string of the molecule is CCOc1cccc(Oc2ccnc(F)c2)c1. The Morgan fingerprint density at radius 2 is 1.88 bits per heavy atom. The van der Waals surface area contributed by atoms with E-state index in [1.54, 1.807) is 18.2 Å². The minimum Gasteiger partial charge on any atom is -0.494 e. The molecule has 0 unspecified atom stereocenters. The quantitative estimate of drug-likeness (QED) is 0.758. The van der Waals surface area contributed by atoms with E-state index >= 15 is 0 Å². The summed E-state index contributed by atoms with van der Waals surface area (Å²) in [4.78, 5) is 3.46. The van der Waals surface area contributed by atoms with E-state index in [4.69, 9.17) is 9.47 Å². The monoisotopic (exact) mass is 233 g/mol. The summed E-state index contributed by atoms with van der Waals surface area (Å²) in [5, 5.41) is 0. The average molecular weight is 233 g/mol. The fourth-order valence-electron chi connectivity index (χ4n) is 1.38. The van der Waals surface area contributed by atoms with E-state index in [1.165, 1.54) is 12.3 Å². The molecule has 0 aliphatic heterocycles. The van der Waals surface area contributed by atoms with Gasteiger partial charge in [0.15, 0.2) is 0 Å². The van der Waals surface area contributed by atoms with Crippen molar-refractivity contribution in [1.29, 1.82) is 0 Å². The summed E-state index contributed by atoms with van der Waals surface area (Å²) in [6, 6.07) is 10.0. The number of halogens is 1. The normalized spacial score (nSPS) is 10.0. The van der Waals surface area contributed by atoms with Gasteiger partial charge in [0.25, 0.3) is 0 Å². The van der Waals surface area contributed by atoms with Crippen LogP contribution in [-0.2, 0) is 0 Å². The Kier molecular flexibility index (Phi) is 3.55. The van der Waals surface area contributed by atoms with E-state index in [9.17, 15) is 4.39 Å². The Morgan fingerprint density at radius 3 is 2.65 bits per heavy atom. The molecule has 17 heavy (non-hydrogen) atoms. The molecule has 0 saturated heterocycles. The molecule has 0 aliphatic rings. The van der Waals surface area contributed by atoms with Gasteiger partial charge in [-0.3, -0.25) is 0 Å². The minimum atomic E-state index is -0.566. The van der Waals surface area contributed by atoms with Crippen LogP contribution in [0.3, 0.4) is 0 Å². The first-order valence-corrected chi connectivity index (χ1v) is 5.30. The molecule has 0 bridgehead atoms. The maximum Gasteiger partial charge on any atom is 0.216 e. The predicted molar refractivity (Wildman–Crippen MR) is 61.9 cm³/mol. The molecule has 2 aromatic rings. The molecule has 2 rings (SSSR count). The van der Waals surface area contributed by atoms with E-state index in [2.05, 4.69) is 4.98 Å². The molecule has 0 aliphatic carbocycles. The molecule has 0 radical (unpaired) electrons. The molecule has 0 atom stereocenters. The van der Waals surface area contributed by atoms with Gasteiger partial charge in [-0.2, -0.15) is 4.39 Å². The van der Waals surface area contributed by atoms with Crippen LogP contribution in [-0.4, -0.2) is 11.6 Å². The smallest absolute Gasteiger partial charge is 0.216 e. The van der Waals surface area contributed by atoms with Crippen molar-refractivity contribution in [3.8, 4) is 17.2 Å². The van der Waals surface area contributed by atoms with Crippen molar-refractivity contribution in [2.45, 2.75) is 6.92 Å². The van der Waals surface area contributed by atoms with Crippen molar-refractivity contribution >= 4 is 0 Å². The number of nitrogens with zero attached hydrogens (tertiary/aromatic N) is 1. The van der Waals surface area contributed by atoms with Crippen LogP contribution in [0.2, 0.25) is 0 Å². The molecule has 0 spiro atoms. The number of rotatable bonds is 4. The Labute approximate surface area is 98.8 Å². The predicted octanol–water partition coefficient (Wildman–Crippen LogP) is 3.41. The molecule has 4 heteroatoms. The van der Waals surface area contributed by atoms with E-state index < -0.39 is 5.95 Å². The van der Waals surface area contributed by atoms with Gasteiger partial charge in [-0.15, -0.1) is 0 Å². The van der Waals surface area contributed by atoms with E-state index in [0.29, 0.717) is 18.1 Å². The van der Waals surface area contributed by atoms with Gasteiger partial charge in [0.2, 0.25) is 5.95 Å². The second-order valence-corrected chi connectivity index (χ2v) is 3.32. The van der Waals surface area contributed by atoms with Crippen LogP contribution >= 0.6 is 0 Å². The topological polar surface area (TPSA) is 31.4 Å². The summed E-state index contributed by atoms with van der Waals surface area (Å²) in [7, 11) is 0. The lowest BCUT2D eigenvalue weighted by molar-refractivity contribution is 0.338.